The molecule has 0 aromatic rings. The molecule has 0 saturated heterocycles. The molecule has 0 fully saturated rings. The van der Waals surface area contributed by atoms with Crippen LogP contribution in [0.3, 0.4) is 0 Å². The van der Waals surface area contributed by atoms with Crippen molar-refractivity contribution in [2.45, 2.75) is 6.23 Å². The van der Waals surface area contributed by atoms with Crippen molar-refractivity contribution < 1.29 is 10.0 Å². The summed E-state index contributed by atoms with van der Waals surface area (Å²) >= 11 is 0. The van der Waals surface area contributed by atoms with Crippen molar-refractivity contribution >= 4 is 0 Å². The third kappa shape index (κ3) is 5.32. The molecule has 0 aliphatic carbocycles. The first kappa shape index (κ1) is 6.32. The quantitative estimate of drug-likeness (QED) is 0.256. The largest absolute Gasteiger partial charge is 0.372 e. The molecule has 1 atom stereocenters. The predicted octanol–water partition coefficient (Wildman–Crippen LogP) is -1.46. The van der Waals surface area contributed by atoms with Crippen molar-refractivity contribution in [3.8, 4) is 0 Å². The Morgan fingerprint density at radius 3 is 2.43 bits per heavy atom. The van der Waals surface area contributed by atoms with Gasteiger partial charge in [0.1, 0.15) is 0 Å². The Morgan fingerprint density at radius 1 is 2.00 bits per heavy atom. The number of hydrogen-bond acceptors (Lipinski definition) is 4. The molecular formula is C2H6N2O3. The van der Waals surface area contributed by atoms with Crippen LogP contribution in [0.5, 0.6) is 0 Å². The van der Waals surface area contributed by atoms with E-state index in [2.05, 4.69) is 5.73 Å². The van der Waals surface area contributed by atoms with E-state index in [0.29, 0.717) is 0 Å². The zero-order valence-corrected chi connectivity index (χ0v) is 3.57. The molecule has 0 aromatic heterocycles. The molecule has 0 radical (unpaired) electrons. The molecule has 0 aliphatic heterocycles. The van der Waals surface area contributed by atoms with Gasteiger partial charge >= 0.3 is 0 Å². The first-order valence-electron chi connectivity index (χ1n) is 1.68. The fourth-order valence-electron chi connectivity index (χ4n) is 0.153. The summed E-state index contributed by atoms with van der Waals surface area (Å²) in [5, 5.41) is 17.4. The van der Waals surface area contributed by atoms with Gasteiger partial charge < -0.3 is 10.8 Å². The van der Waals surface area contributed by atoms with Gasteiger partial charge in [-0.05, 0) is 0 Å². The van der Waals surface area contributed by atoms with Crippen molar-refractivity contribution in [2.24, 2.45) is 5.73 Å². The molecule has 0 aromatic carbocycles. The summed E-state index contributed by atoms with van der Waals surface area (Å²) in [5.41, 5.74) is 4.61. The van der Waals surface area contributed by atoms with Crippen LogP contribution >= 0.6 is 0 Å². The van der Waals surface area contributed by atoms with Crippen LogP contribution in [0.15, 0.2) is 0 Å². The molecule has 0 bridgehead atoms. The van der Waals surface area contributed by atoms with Gasteiger partial charge in [0.05, 0.1) is 0 Å². The summed E-state index contributed by atoms with van der Waals surface area (Å²) in [6, 6.07) is 0. The van der Waals surface area contributed by atoms with Gasteiger partial charge in [-0.3, -0.25) is 10.1 Å². The molecule has 0 aliphatic rings. The fraction of sp³-hybridized carbons (Fsp3) is 1.00. The van der Waals surface area contributed by atoms with Crippen molar-refractivity contribution in [2.75, 3.05) is 6.54 Å². The minimum Gasteiger partial charge on any atom is -0.372 e. The fourth-order valence-corrected chi connectivity index (χ4v) is 0.153. The molecule has 0 spiro atoms. The van der Waals surface area contributed by atoms with E-state index in [1.807, 2.05) is 0 Å². The maximum atomic E-state index is 9.38. The number of aliphatic hydroxyl groups excluding tert-OH is 1. The highest BCUT2D eigenvalue weighted by Gasteiger charge is 2.01. The third-order valence-electron chi connectivity index (χ3n) is 0.336. The van der Waals surface area contributed by atoms with Crippen LogP contribution in [0.25, 0.3) is 0 Å². The van der Waals surface area contributed by atoms with Gasteiger partial charge in [-0.25, -0.2) is 0 Å². The average Bonchev–Trinajstić information content (AvgIpc) is 1.27. The molecule has 5 nitrogen and oxygen atoms in total. The van der Waals surface area contributed by atoms with Crippen LogP contribution in [0.4, 0.5) is 0 Å². The van der Waals surface area contributed by atoms with Crippen LogP contribution in [0, 0.1) is 10.1 Å². The van der Waals surface area contributed by atoms with E-state index in [9.17, 15) is 10.1 Å². The van der Waals surface area contributed by atoms with Gasteiger partial charge in [0.15, 0.2) is 6.23 Å². The molecule has 5 heteroatoms. The van der Waals surface area contributed by atoms with Gasteiger partial charge in [-0.15, -0.1) is 0 Å². The second-order valence-corrected chi connectivity index (χ2v) is 1.08. The van der Waals surface area contributed by atoms with Crippen molar-refractivity contribution in [3.05, 3.63) is 10.1 Å². The number of nitrogens with zero attached hydrogens (tertiary/aromatic N) is 1. The zero-order chi connectivity index (χ0) is 5.86. The molecule has 42 valence electrons. The Bertz CT molecular complexity index is 71.3. The van der Waals surface area contributed by atoms with Gasteiger partial charge in [-0.2, -0.15) is 0 Å². The Hall–Kier alpha value is -0.680. The molecule has 0 rings (SSSR count). The Morgan fingerprint density at radius 2 is 2.43 bits per heavy atom. The summed E-state index contributed by atoms with van der Waals surface area (Å²) in [5.74, 6) is 0. The second kappa shape index (κ2) is 2.49. The highest BCUT2D eigenvalue weighted by atomic mass is 16.6. The molecule has 0 heterocycles. The highest BCUT2D eigenvalue weighted by Crippen LogP contribution is 1.69. The van der Waals surface area contributed by atoms with E-state index in [0.717, 1.165) is 0 Å². The molecule has 3 N–H and O–H groups in total. The van der Waals surface area contributed by atoms with Crippen LogP contribution in [0.2, 0.25) is 0 Å². The number of nitrogens with two attached hydrogens (primary N) is 1. The summed E-state index contributed by atoms with van der Waals surface area (Å²) in [6.07, 6.45) is -1.32. The second-order valence-electron chi connectivity index (χ2n) is 1.08. The maximum absolute atomic E-state index is 9.38. The molecular weight excluding hydrogens is 100 g/mol. The molecule has 1 unspecified atom stereocenters. The number of aliphatic hydroxyl groups is 1. The van der Waals surface area contributed by atoms with Gasteiger partial charge in [0.25, 0.3) is 0 Å². The predicted molar refractivity (Wildman–Crippen MR) is 22.1 cm³/mol. The summed E-state index contributed by atoms with van der Waals surface area (Å²) < 4.78 is 0. The van der Waals surface area contributed by atoms with E-state index in [1.54, 1.807) is 0 Å². The monoisotopic (exact) mass is 106 g/mol. The Kier molecular flexibility index (Phi) is 2.24. The standard InChI is InChI=1S/C2H6N2O3/c3-2(5)1-4(6)7/h2,5H,1,3H2. The molecule has 0 saturated carbocycles. The average molecular weight is 106 g/mol. The van der Waals surface area contributed by atoms with Crippen molar-refractivity contribution in [1.29, 1.82) is 0 Å². The van der Waals surface area contributed by atoms with E-state index in [-0.39, 0.29) is 0 Å². The first-order valence-corrected chi connectivity index (χ1v) is 1.68. The Balaban J connectivity index is 3.13. The number of rotatable bonds is 2. The van der Waals surface area contributed by atoms with E-state index in [1.165, 1.54) is 0 Å². The van der Waals surface area contributed by atoms with Crippen LogP contribution in [-0.4, -0.2) is 22.8 Å². The maximum Gasteiger partial charge on any atom is 0.242 e. The lowest BCUT2D eigenvalue weighted by Gasteiger charge is -1.92. The van der Waals surface area contributed by atoms with E-state index < -0.39 is 17.7 Å². The van der Waals surface area contributed by atoms with Gasteiger partial charge in [-0.1, -0.05) is 0 Å². The van der Waals surface area contributed by atoms with Gasteiger partial charge in [0.2, 0.25) is 6.54 Å². The van der Waals surface area contributed by atoms with E-state index in [4.69, 9.17) is 5.11 Å². The lowest BCUT2D eigenvalue weighted by atomic mass is 10.6. The normalized spacial score (nSPS) is 13.4. The first-order chi connectivity index (χ1) is 3.13. The van der Waals surface area contributed by atoms with Crippen molar-refractivity contribution in [3.63, 3.8) is 0 Å². The molecule has 0 amide bonds. The van der Waals surface area contributed by atoms with Crippen LogP contribution in [0.1, 0.15) is 0 Å². The zero-order valence-electron chi connectivity index (χ0n) is 3.57. The minimum atomic E-state index is -1.32. The lowest BCUT2D eigenvalue weighted by molar-refractivity contribution is -0.490. The SMILES string of the molecule is NC(O)C[N+](=O)[O-]. The lowest BCUT2D eigenvalue weighted by Crippen LogP contribution is -2.27. The smallest absolute Gasteiger partial charge is 0.242 e. The van der Waals surface area contributed by atoms with Crippen molar-refractivity contribution in [1.82, 2.24) is 0 Å². The third-order valence-corrected chi connectivity index (χ3v) is 0.336. The van der Waals surface area contributed by atoms with Crippen LogP contribution < -0.4 is 5.73 Å². The topological polar surface area (TPSA) is 89.4 Å². The Labute approximate surface area is 39.9 Å². The summed E-state index contributed by atoms with van der Waals surface area (Å²) in [4.78, 5) is 8.70. The molecule has 7 heavy (non-hydrogen) atoms. The number of hydrogen-bond donors (Lipinski definition) is 2. The number of nitro groups is 1. The van der Waals surface area contributed by atoms with Crippen LogP contribution in [-0.2, 0) is 0 Å². The highest BCUT2D eigenvalue weighted by molar-refractivity contribution is 4.34. The van der Waals surface area contributed by atoms with E-state index >= 15 is 0 Å². The van der Waals surface area contributed by atoms with Gasteiger partial charge in [0, 0.05) is 4.92 Å². The summed E-state index contributed by atoms with van der Waals surface area (Å²) in [7, 11) is 0. The minimum absolute atomic E-state index is 0.583. The summed E-state index contributed by atoms with van der Waals surface area (Å²) in [6.45, 7) is -0.583.